The Hall–Kier alpha value is -3.22. The van der Waals surface area contributed by atoms with Gasteiger partial charge in [-0.3, -0.25) is 9.48 Å². The Morgan fingerprint density at radius 3 is 2.88 bits per heavy atom. The maximum absolute atomic E-state index is 12.5. The Kier molecular flexibility index (Phi) is 4.12. The van der Waals surface area contributed by atoms with Gasteiger partial charge in [-0.15, -0.1) is 0 Å². The van der Waals surface area contributed by atoms with Crippen LogP contribution in [0.25, 0.3) is 0 Å². The molecule has 3 heterocycles. The fourth-order valence-electron chi connectivity index (χ4n) is 2.73. The van der Waals surface area contributed by atoms with Crippen LogP contribution in [0, 0.1) is 0 Å². The Labute approximate surface area is 144 Å². The number of hydrogen-bond donors (Lipinski definition) is 1. The molecular weight excluding hydrogens is 322 g/mol. The van der Waals surface area contributed by atoms with Gasteiger partial charge in [0.25, 0.3) is 5.91 Å². The molecule has 7 heteroatoms. The highest BCUT2D eigenvalue weighted by atomic mass is 16.6. The molecule has 1 N–H and O–H groups in total. The van der Waals surface area contributed by atoms with E-state index in [0.29, 0.717) is 18.0 Å². The first-order valence-electron chi connectivity index (χ1n) is 8.00. The van der Waals surface area contributed by atoms with Crippen LogP contribution in [-0.4, -0.2) is 34.9 Å². The van der Waals surface area contributed by atoms with Gasteiger partial charge in [-0.25, -0.2) is 0 Å². The number of aromatic nitrogens is 2. The standard InChI is InChI=1S/C18H17N3O4/c22-18(17-12-24-15-5-1-2-6-16(15)25-17)19-11-13(14-7-3-10-23-14)21-9-4-8-20-21/h1-10,13,17H,11-12H2,(H,19,22). The third kappa shape index (κ3) is 3.21. The average Bonchev–Trinajstić information content (AvgIpc) is 3.36. The number of ether oxygens (including phenoxy) is 2. The summed E-state index contributed by atoms with van der Waals surface area (Å²) in [6.07, 6.45) is 4.43. The minimum atomic E-state index is -0.690. The highest BCUT2D eigenvalue weighted by molar-refractivity contribution is 5.81. The Morgan fingerprint density at radius 2 is 2.12 bits per heavy atom. The van der Waals surface area contributed by atoms with Gasteiger partial charge in [-0.1, -0.05) is 12.1 Å². The molecule has 3 aromatic rings. The number of amides is 1. The molecule has 0 spiro atoms. The first-order valence-corrected chi connectivity index (χ1v) is 8.00. The second-order valence-electron chi connectivity index (χ2n) is 5.63. The third-order valence-electron chi connectivity index (χ3n) is 3.99. The molecule has 2 unspecified atom stereocenters. The molecular formula is C18H17N3O4. The lowest BCUT2D eigenvalue weighted by Crippen LogP contribution is -2.45. The number of hydrogen-bond acceptors (Lipinski definition) is 5. The van der Waals surface area contributed by atoms with Crippen molar-refractivity contribution in [1.29, 1.82) is 0 Å². The number of rotatable bonds is 5. The summed E-state index contributed by atoms with van der Waals surface area (Å²) in [5, 5.41) is 7.14. The fraction of sp³-hybridized carbons (Fsp3) is 0.222. The molecule has 1 aromatic carbocycles. The molecule has 128 valence electrons. The number of carbonyl (C=O) groups excluding carboxylic acids is 1. The van der Waals surface area contributed by atoms with Gasteiger partial charge in [0.1, 0.15) is 18.4 Å². The summed E-state index contributed by atoms with van der Waals surface area (Å²) in [5.41, 5.74) is 0. The third-order valence-corrected chi connectivity index (χ3v) is 3.99. The van der Waals surface area contributed by atoms with E-state index in [4.69, 9.17) is 13.9 Å². The van der Waals surface area contributed by atoms with Crippen molar-refractivity contribution in [2.75, 3.05) is 13.2 Å². The van der Waals surface area contributed by atoms with Gasteiger partial charge in [-0.2, -0.15) is 5.10 Å². The Bertz CT molecular complexity index is 796. The maximum Gasteiger partial charge on any atom is 0.264 e. The van der Waals surface area contributed by atoms with Gasteiger partial charge >= 0.3 is 0 Å². The van der Waals surface area contributed by atoms with Crippen LogP contribution in [0.15, 0.2) is 65.5 Å². The van der Waals surface area contributed by atoms with Crippen molar-refractivity contribution in [3.63, 3.8) is 0 Å². The molecule has 0 bridgehead atoms. The summed E-state index contributed by atoms with van der Waals surface area (Å²) in [6.45, 7) is 0.506. The van der Waals surface area contributed by atoms with Crippen LogP contribution >= 0.6 is 0 Å². The minimum Gasteiger partial charge on any atom is -0.485 e. The molecule has 4 rings (SSSR count). The van der Waals surface area contributed by atoms with Crippen LogP contribution in [0.1, 0.15) is 11.8 Å². The molecule has 0 radical (unpaired) electrons. The van der Waals surface area contributed by atoms with E-state index in [9.17, 15) is 4.79 Å². The zero-order valence-corrected chi connectivity index (χ0v) is 13.4. The van der Waals surface area contributed by atoms with Crippen LogP contribution in [-0.2, 0) is 4.79 Å². The van der Waals surface area contributed by atoms with E-state index in [2.05, 4.69) is 10.4 Å². The normalized spacial score (nSPS) is 17.0. The number of para-hydroxylation sites is 2. The number of nitrogens with zero attached hydrogens (tertiary/aromatic N) is 2. The Balaban J connectivity index is 1.42. The van der Waals surface area contributed by atoms with Crippen LogP contribution in [0.5, 0.6) is 11.5 Å². The van der Waals surface area contributed by atoms with Crippen LogP contribution in [0.3, 0.4) is 0 Å². The van der Waals surface area contributed by atoms with E-state index in [1.807, 2.05) is 42.6 Å². The fourth-order valence-corrected chi connectivity index (χ4v) is 2.73. The summed E-state index contributed by atoms with van der Waals surface area (Å²) >= 11 is 0. The van der Waals surface area contributed by atoms with E-state index in [-0.39, 0.29) is 18.6 Å². The molecule has 1 amide bonds. The van der Waals surface area contributed by atoms with Crippen molar-refractivity contribution in [3.8, 4) is 11.5 Å². The molecule has 0 fully saturated rings. The number of carbonyl (C=O) groups is 1. The monoisotopic (exact) mass is 339 g/mol. The van der Waals surface area contributed by atoms with Crippen molar-refractivity contribution in [2.24, 2.45) is 0 Å². The molecule has 7 nitrogen and oxygen atoms in total. The summed E-state index contributed by atoms with van der Waals surface area (Å²) < 4.78 is 18.5. The second-order valence-corrected chi connectivity index (χ2v) is 5.63. The van der Waals surface area contributed by atoms with Crippen molar-refractivity contribution in [2.45, 2.75) is 12.1 Å². The lowest BCUT2D eigenvalue weighted by atomic mass is 10.2. The van der Waals surface area contributed by atoms with E-state index in [1.54, 1.807) is 23.2 Å². The van der Waals surface area contributed by atoms with Crippen LogP contribution < -0.4 is 14.8 Å². The molecule has 1 aliphatic heterocycles. The molecule has 0 saturated carbocycles. The van der Waals surface area contributed by atoms with Crippen LogP contribution in [0.2, 0.25) is 0 Å². The first kappa shape index (κ1) is 15.3. The van der Waals surface area contributed by atoms with Crippen molar-refractivity contribution < 1.29 is 18.7 Å². The molecule has 1 aliphatic rings. The van der Waals surface area contributed by atoms with Gasteiger partial charge in [0.05, 0.1) is 6.26 Å². The highest BCUT2D eigenvalue weighted by Gasteiger charge is 2.28. The maximum atomic E-state index is 12.5. The van der Waals surface area contributed by atoms with E-state index < -0.39 is 6.10 Å². The zero-order chi connectivity index (χ0) is 17.1. The minimum absolute atomic E-state index is 0.177. The highest BCUT2D eigenvalue weighted by Crippen LogP contribution is 2.30. The number of benzene rings is 1. The summed E-state index contributed by atoms with van der Waals surface area (Å²) in [4.78, 5) is 12.5. The number of nitrogens with one attached hydrogen (secondary N) is 1. The molecule has 2 atom stereocenters. The van der Waals surface area contributed by atoms with Crippen molar-refractivity contribution in [3.05, 3.63) is 66.9 Å². The molecule has 2 aromatic heterocycles. The van der Waals surface area contributed by atoms with E-state index >= 15 is 0 Å². The molecule has 0 saturated heterocycles. The molecule has 0 aliphatic carbocycles. The lowest BCUT2D eigenvalue weighted by Gasteiger charge is -2.26. The lowest BCUT2D eigenvalue weighted by molar-refractivity contribution is -0.130. The van der Waals surface area contributed by atoms with Gasteiger partial charge in [0, 0.05) is 18.9 Å². The zero-order valence-electron chi connectivity index (χ0n) is 13.4. The van der Waals surface area contributed by atoms with Crippen LogP contribution in [0.4, 0.5) is 0 Å². The smallest absolute Gasteiger partial charge is 0.264 e. The predicted molar refractivity (Wildman–Crippen MR) is 88.4 cm³/mol. The van der Waals surface area contributed by atoms with Gasteiger partial charge < -0.3 is 19.2 Å². The number of furan rings is 1. The van der Waals surface area contributed by atoms with Gasteiger partial charge in [0.2, 0.25) is 6.10 Å². The predicted octanol–water partition coefficient (Wildman–Crippen LogP) is 2.02. The van der Waals surface area contributed by atoms with Gasteiger partial charge in [-0.05, 0) is 30.3 Å². The molecule has 25 heavy (non-hydrogen) atoms. The second kappa shape index (κ2) is 6.72. The first-order chi connectivity index (χ1) is 12.3. The average molecular weight is 339 g/mol. The summed E-state index contributed by atoms with van der Waals surface area (Å²) in [6, 6.07) is 12.6. The van der Waals surface area contributed by atoms with Crippen molar-refractivity contribution >= 4 is 5.91 Å². The Morgan fingerprint density at radius 1 is 1.24 bits per heavy atom. The largest absolute Gasteiger partial charge is 0.485 e. The van der Waals surface area contributed by atoms with E-state index in [0.717, 1.165) is 5.76 Å². The topological polar surface area (TPSA) is 78.5 Å². The number of fused-ring (bicyclic) bond motifs is 1. The van der Waals surface area contributed by atoms with Gasteiger partial charge in [0.15, 0.2) is 11.5 Å². The summed E-state index contributed by atoms with van der Waals surface area (Å²) in [7, 11) is 0. The van der Waals surface area contributed by atoms with Crippen molar-refractivity contribution in [1.82, 2.24) is 15.1 Å². The van der Waals surface area contributed by atoms with E-state index in [1.165, 1.54) is 0 Å². The SMILES string of the molecule is O=C(NCC(c1ccco1)n1cccn1)C1COc2ccccc2O1. The summed E-state index contributed by atoms with van der Waals surface area (Å²) in [5.74, 6) is 1.70. The quantitative estimate of drug-likeness (QED) is 0.769.